The normalized spacial score (nSPS) is 11.7. The summed E-state index contributed by atoms with van der Waals surface area (Å²) in [6, 6.07) is 4.23. The van der Waals surface area contributed by atoms with Crippen molar-refractivity contribution < 1.29 is 14.3 Å². The summed E-state index contributed by atoms with van der Waals surface area (Å²) < 4.78 is 9.68. The SMILES string of the molecule is COC(=O)c1ccc(C(C)N=O)c(OC)c1. The first-order valence-corrected chi connectivity index (χ1v) is 4.72. The van der Waals surface area contributed by atoms with E-state index in [2.05, 4.69) is 9.91 Å². The molecule has 1 aromatic rings. The molecule has 5 nitrogen and oxygen atoms in total. The van der Waals surface area contributed by atoms with Gasteiger partial charge >= 0.3 is 5.97 Å². The molecule has 1 atom stereocenters. The number of benzene rings is 1. The molecule has 0 fully saturated rings. The summed E-state index contributed by atoms with van der Waals surface area (Å²) in [6.07, 6.45) is 0. The van der Waals surface area contributed by atoms with E-state index in [1.165, 1.54) is 20.3 Å². The molecule has 0 heterocycles. The van der Waals surface area contributed by atoms with Gasteiger partial charge in [-0.25, -0.2) is 4.79 Å². The van der Waals surface area contributed by atoms with Gasteiger partial charge in [0.25, 0.3) is 0 Å². The molecule has 0 aliphatic heterocycles. The standard InChI is InChI=1S/C11H13NO4/c1-7(12-14)9-5-4-8(11(13)16-3)6-10(9)15-2/h4-7H,1-3H3. The predicted molar refractivity (Wildman–Crippen MR) is 58.5 cm³/mol. The van der Waals surface area contributed by atoms with E-state index in [4.69, 9.17) is 4.74 Å². The van der Waals surface area contributed by atoms with Crippen LogP contribution in [0, 0.1) is 4.91 Å². The van der Waals surface area contributed by atoms with E-state index in [0.29, 0.717) is 16.9 Å². The largest absolute Gasteiger partial charge is 0.496 e. The van der Waals surface area contributed by atoms with Crippen molar-refractivity contribution in [1.29, 1.82) is 0 Å². The molecule has 0 saturated heterocycles. The zero-order valence-corrected chi connectivity index (χ0v) is 9.39. The number of ether oxygens (including phenoxy) is 2. The van der Waals surface area contributed by atoms with Gasteiger partial charge < -0.3 is 9.47 Å². The van der Waals surface area contributed by atoms with Gasteiger partial charge in [-0.05, 0) is 19.1 Å². The number of esters is 1. The molecule has 1 rings (SSSR count). The number of hydrogen-bond acceptors (Lipinski definition) is 5. The van der Waals surface area contributed by atoms with Gasteiger partial charge in [-0.2, -0.15) is 4.91 Å². The van der Waals surface area contributed by atoms with Crippen LogP contribution in [0.1, 0.15) is 28.9 Å². The van der Waals surface area contributed by atoms with Gasteiger partial charge in [0, 0.05) is 5.56 Å². The molecule has 86 valence electrons. The van der Waals surface area contributed by atoms with Crippen molar-refractivity contribution in [3.05, 3.63) is 34.2 Å². The fourth-order valence-corrected chi connectivity index (χ4v) is 1.36. The first-order valence-electron chi connectivity index (χ1n) is 4.72. The Hall–Kier alpha value is -1.91. The molecule has 0 radical (unpaired) electrons. The highest BCUT2D eigenvalue weighted by atomic mass is 16.5. The van der Waals surface area contributed by atoms with E-state index < -0.39 is 12.0 Å². The van der Waals surface area contributed by atoms with Crippen LogP contribution in [0.15, 0.2) is 23.4 Å². The average molecular weight is 223 g/mol. The summed E-state index contributed by atoms with van der Waals surface area (Å²) >= 11 is 0. The molecule has 1 unspecified atom stereocenters. The minimum Gasteiger partial charge on any atom is -0.496 e. The third-order valence-electron chi connectivity index (χ3n) is 2.26. The minimum atomic E-state index is -0.512. The topological polar surface area (TPSA) is 65.0 Å². The van der Waals surface area contributed by atoms with Crippen molar-refractivity contribution in [1.82, 2.24) is 0 Å². The molecule has 0 aromatic heterocycles. The number of methoxy groups -OCH3 is 2. The molecule has 16 heavy (non-hydrogen) atoms. The lowest BCUT2D eigenvalue weighted by Gasteiger charge is -2.10. The monoisotopic (exact) mass is 223 g/mol. The maximum Gasteiger partial charge on any atom is 0.337 e. The Bertz CT molecular complexity index is 403. The summed E-state index contributed by atoms with van der Waals surface area (Å²) in [7, 11) is 2.77. The number of carbonyl (C=O) groups is 1. The van der Waals surface area contributed by atoms with Gasteiger partial charge in [-0.1, -0.05) is 11.2 Å². The van der Waals surface area contributed by atoms with Crippen LogP contribution in [0.25, 0.3) is 0 Å². The number of nitroso groups, excluding NO2 is 1. The Morgan fingerprint density at radius 2 is 2.06 bits per heavy atom. The van der Waals surface area contributed by atoms with E-state index in [1.807, 2.05) is 0 Å². The first-order chi connectivity index (χ1) is 7.63. The van der Waals surface area contributed by atoms with Crippen LogP contribution >= 0.6 is 0 Å². The van der Waals surface area contributed by atoms with E-state index in [9.17, 15) is 9.70 Å². The Morgan fingerprint density at radius 3 is 2.56 bits per heavy atom. The molecule has 0 bridgehead atoms. The summed E-state index contributed by atoms with van der Waals surface area (Å²) in [5, 5.41) is 2.92. The zero-order valence-electron chi connectivity index (χ0n) is 9.39. The fourth-order valence-electron chi connectivity index (χ4n) is 1.36. The molecular weight excluding hydrogens is 210 g/mol. The number of nitrogens with zero attached hydrogens (tertiary/aromatic N) is 1. The van der Waals surface area contributed by atoms with Crippen molar-refractivity contribution >= 4 is 5.97 Å². The van der Waals surface area contributed by atoms with Gasteiger partial charge in [-0.3, -0.25) is 0 Å². The second-order valence-electron chi connectivity index (χ2n) is 3.23. The molecule has 0 saturated carbocycles. The van der Waals surface area contributed by atoms with Gasteiger partial charge in [-0.15, -0.1) is 0 Å². The smallest absolute Gasteiger partial charge is 0.337 e. The molecule has 0 amide bonds. The highest BCUT2D eigenvalue weighted by Crippen LogP contribution is 2.28. The van der Waals surface area contributed by atoms with Crippen molar-refractivity contribution in [3.63, 3.8) is 0 Å². The minimum absolute atomic E-state index is 0.376. The quantitative estimate of drug-likeness (QED) is 0.580. The van der Waals surface area contributed by atoms with Gasteiger partial charge in [0.2, 0.25) is 0 Å². The van der Waals surface area contributed by atoms with E-state index in [0.717, 1.165) is 0 Å². The molecule has 0 N–H and O–H groups in total. The summed E-state index contributed by atoms with van der Waals surface area (Å²) in [6.45, 7) is 1.66. The average Bonchev–Trinajstić information content (AvgIpc) is 2.35. The molecular formula is C11H13NO4. The van der Waals surface area contributed by atoms with E-state index >= 15 is 0 Å². The lowest BCUT2D eigenvalue weighted by atomic mass is 10.1. The second kappa shape index (κ2) is 5.25. The van der Waals surface area contributed by atoms with Crippen molar-refractivity contribution in [2.24, 2.45) is 5.18 Å². The van der Waals surface area contributed by atoms with Gasteiger partial charge in [0.1, 0.15) is 11.8 Å². The van der Waals surface area contributed by atoms with E-state index in [1.54, 1.807) is 19.1 Å². The number of carbonyl (C=O) groups excluding carboxylic acids is 1. The molecule has 0 spiro atoms. The maximum absolute atomic E-state index is 11.3. The van der Waals surface area contributed by atoms with Gasteiger partial charge in [0.05, 0.1) is 19.8 Å². The van der Waals surface area contributed by atoms with Crippen LogP contribution in [0.3, 0.4) is 0 Å². The predicted octanol–water partition coefficient (Wildman–Crippen LogP) is 2.31. The lowest BCUT2D eigenvalue weighted by Crippen LogP contribution is -2.03. The third kappa shape index (κ3) is 2.36. The Morgan fingerprint density at radius 1 is 1.38 bits per heavy atom. The maximum atomic E-state index is 11.3. The van der Waals surface area contributed by atoms with Crippen molar-refractivity contribution in [2.75, 3.05) is 14.2 Å². The summed E-state index contributed by atoms with van der Waals surface area (Å²) in [5.41, 5.74) is 1.02. The molecule has 1 aromatic carbocycles. The molecule has 0 aliphatic rings. The fraction of sp³-hybridized carbons (Fsp3) is 0.364. The Balaban J connectivity index is 3.16. The van der Waals surface area contributed by atoms with Crippen LogP contribution in [0.4, 0.5) is 0 Å². The zero-order chi connectivity index (χ0) is 12.1. The van der Waals surface area contributed by atoms with Crippen LogP contribution in [0.2, 0.25) is 0 Å². The second-order valence-corrected chi connectivity index (χ2v) is 3.23. The molecule has 0 aliphatic carbocycles. The highest BCUT2D eigenvalue weighted by molar-refractivity contribution is 5.89. The Labute approximate surface area is 93.3 Å². The van der Waals surface area contributed by atoms with Crippen LogP contribution in [-0.4, -0.2) is 20.2 Å². The number of hydrogen-bond donors (Lipinski definition) is 0. The van der Waals surface area contributed by atoms with Crippen LogP contribution in [0.5, 0.6) is 5.75 Å². The highest BCUT2D eigenvalue weighted by Gasteiger charge is 2.14. The Kier molecular flexibility index (Phi) is 3.99. The van der Waals surface area contributed by atoms with E-state index in [-0.39, 0.29) is 0 Å². The van der Waals surface area contributed by atoms with Crippen LogP contribution < -0.4 is 4.74 Å². The van der Waals surface area contributed by atoms with Crippen molar-refractivity contribution in [3.8, 4) is 5.75 Å². The summed E-state index contributed by atoms with van der Waals surface area (Å²) in [5.74, 6) is 0.00608. The first kappa shape index (κ1) is 12.2. The lowest BCUT2D eigenvalue weighted by molar-refractivity contribution is 0.0600. The van der Waals surface area contributed by atoms with Crippen LogP contribution in [-0.2, 0) is 4.74 Å². The molecule has 5 heteroatoms. The van der Waals surface area contributed by atoms with Crippen molar-refractivity contribution in [2.45, 2.75) is 13.0 Å². The number of rotatable bonds is 4. The third-order valence-corrected chi connectivity index (χ3v) is 2.26. The summed E-state index contributed by atoms with van der Waals surface area (Å²) in [4.78, 5) is 21.7. The van der Waals surface area contributed by atoms with Gasteiger partial charge in [0.15, 0.2) is 0 Å².